The largest absolute Gasteiger partial charge is 0.272 e. The number of hydrogen-bond acceptors (Lipinski definition) is 3. The highest BCUT2D eigenvalue weighted by Crippen LogP contribution is 2.49. The van der Waals surface area contributed by atoms with Crippen molar-refractivity contribution in [2.24, 2.45) is 28.8 Å². The predicted molar refractivity (Wildman–Crippen MR) is 85.9 cm³/mol. The van der Waals surface area contributed by atoms with Gasteiger partial charge in [0.05, 0.1) is 18.1 Å². The van der Waals surface area contributed by atoms with E-state index < -0.39 is 0 Å². The topological polar surface area (TPSA) is 49.7 Å². The lowest BCUT2D eigenvalue weighted by Gasteiger charge is -2.37. The van der Waals surface area contributed by atoms with Crippen LogP contribution in [0.3, 0.4) is 0 Å². The Hall–Kier alpha value is -1.75. The summed E-state index contributed by atoms with van der Waals surface area (Å²) < 4.78 is 0.978. The second kappa shape index (κ2) is 5.16. The van der Waals surface area contributed by atoms with Crippen LogP contribution in [-0.4, -0.2) is 23.0 Å². The fourth-order valence-corrected chi connectivity index (χ4v) is 4.11. The molecule has 112 valence electrons. The van der Waals surface area contributed by atoms with Gasteiger partial charge in [0.2, 0.25) is 0 Å². The number of amides is 2. The van der Waals surface area contributed by atoms with Gasteiger partial charge in [-0.15, -0.1) is 0 Å². The van der Waals surface area contributed by atoms with Gasteiger partial charge in [0.15, 0.2) is 0 Å². The molecule has 1 saturated carbocycles. The SMILES string of the molecule is O=C1[C@H]2[C@H](C(=O)N1/N=C\c1ccc(Br)cc1)[C@H]1C=C[C@H]2CC1. The fourth-order valence-electron chi connectivity index (χ4n) is 3.85. The number of nitrogens with zero attached hydrogens (tertiary/aromatic N) is 2. The van der Waals surface area contributed by atoms with E-state index in [4.69, 9.17) is 0 Å². The summed E-state index contributed by atoms with van der Waals surface area (Å²) in [6.45, 7) is 0. The summed E-state index contributed by atoms with van der Waals surface area (Å²) >= 11 is 3.37. The summed E-state index contributed by atoms with van der Waals surface area (Å²) in [5, 5.41) is 5.27. The van der Waals surface area contributed by atoms with Crippen LogP contribution in [0.5, 0.6) is 0 Å². The van der Waals surface area contributed by atoms with E-state index in [0.717, 1.165) is 27.9 Å². The van der Waals surface area contributed by atoms with Gasteiger partial charge in [-0.05, 0) is 42.4 Å². The second-order valence-electron chi connectivity index (χ2n) is 6.13. The lowest BCUT2D eigenvalue weighted by atomic mass is 9.63. The van der Waals surface area contributed by atoms with Crippen molar-refractivity contribution in [3.8, 4) is 0 Å². The minimum atomic E-state index is -0.196. The van der Waals surface area contributed by atoms with Crippen LogP contribution < -0.4 is 0 Å². The fraction of sp³-hybridized carbons (Fsp3) is 0.353. The van der Waals surface area contributed by atoms with Crippen LogP contribution >= 0.6 is 15.9 Å². The third-order valence-electron chi connectivity index (χ3n) is 4.93. The van der Waals surface area contributed by atoms with E-state index in [-0.39, 0.29) is 35.5 Å². The molecule has 5 rings (SSSR count). The van der Waals surface area contributed by atoms with Crippen molar-refractivity contribution in [3.05, 3.63) is 46.5 Å². The number of allylic oxidation sites excluding steroid dienone is 2. The summed E-state index contributed by atoms with van der Waals surface area (Å²) in [5.41, 5.74) is 0.861. The van der Waals surface area contributed by atoms with Crippen LogP contribution in [0.4, 0.5) is 0 Å². The third-order valence-corrected chi connectivity index (χ3v) is 5.46. The zero-order valence-corrected chi connectivity index (χ0v) is 13.4. The highest BCUT2D eigenvalue weighted by atomic mass is 79.9. The van der Waals surface area contributed by atoms with E-state index in [1.165, 1.54) is 0 Å². The van der Waals surface area contributed by atoms with Crippen LogP contribution in [0.2, 0.25) is 0 Å². The molecular weight excluding hydrogens is 344 g/mol. The quantitative estimate of drug-likeness (QED) is 0.463. The third kappa shape index (κ3) is 2.07. The average Bonchev–Trinajstić information content (AvgIpc) is 2.82. The first-order valence-corrected chi connectivity index (χ1v) is 8.30. The Balaban J connectivity index is 1.60. The maximum absolute atomic E-state index is 12.6. The number of hydrogen-bond donors (Lipinski definition) is 0. The molecule has 4 aliphatic rings. The molecule has 1 heterocycles. The number of rotatable bonds is 2. The van der Waals surface area contributed by atoms with Gasteiger partial charge in [-0.25, -0.2) is 0 Å². The minimum absolute atomic E-state index is 0.137. The molecule has 4 nitrogen and oxygen atoms in total. The van der Waals surface area contributed by atoms with Crippen LogP contribution in [0.1, 0.15) is 18.4 Å². The molecule has 1 aliphatic heterocycles. The van der Waals surface area contributed by atoms with Crippen molar-refractivity contribution in [2.45, 2.75) is 12.8 Å². The first kappa shape index (κ1) is 13.9. The molecule has 22 heavy (non-hydrogen) atoms. The molecule has 2 bridgehead atoms. The second-order valence-corrected chi connectivity index (χ2v) is 7.04. The molecule has 2 fully saturated rings. The van der Waals surface area contributed by atoms with Gasteiger partial charge in [0.1, 0.15) is 0 Å². The summed E-state index contributed by atoms with van der Waals surface area (Å²) in [6.07, 6.45) is 7.82. The molecule has 2 amide bonds. The summed E-state index contributed by atoms with van der Waals surface area (Å²) in [4.78, 5) is 25.1. The molecule has 1 aromatic rings. The summed E-state index contributed by atoms with van der Waals surface area (Å²) in [6, 6.07) is 7.58. The molecule has 0 unspecified atom stereocenters. The zero-order chi connectivity index (χ0) is 15.3. The van der Waals surface area contributed by atoms with Crippen LogP contribution in [0.15, 0.2) is 46.0 Å². The molecule has 5 heteroatoms. The average molecular weight is 359 g/mol. The summed E-state index contributed by atoms with van der Waals surface area (Å²) in [7, 11) is 0. The van der Waals surface area contributed by atoms with Crippen molar-refractivity contribution in [2.75, 3.05) is 0 Å². The molecule has 4 atom stereocenters. The Morgan fingerprint density at radius 1 is 1.00 bits per heavy atom. The molecule has 1 aromatic carbocycles. The van der Waals surface area contributed by atoms with Gasteiger partial charge < -0.3 is 0 Å². The van der Waals surface area contributed by atoms with Gasteiger partial charge in [-0.2, -0.15) is 10.1 Å². The van der Waals surface area contributed by atoms with Crippen LogP contribution in [0.25, 0.3) is 0 Å². The molecule has 1 saturated heterocycles. The maximum atomic E-state index is 12.6. The molecular formula is C17H15BrN2O2. The van der Waals surface area contributed by atoms with Gasteiger partial charge in [0.25, 0.3) is 11.8 Å². The smallest absolute Gasteiger partial charge is 0.254 e. The molecule has 0 radical (unpaired) electrons. The Labute approximate surface area is 137 Å². The first-order valence-electron chi connectivity index (χ1n) is 7.51. The van der Waals surface area contributed by atoms with Crippen molar-refractivity contribution < 1.29 is 9.59 Å². The van der Waals surface area contributed by atoms with E-state index in [9.17, 15) is 9.59 Å². The van der Waals surface area contributed by atoms with E-state index in [0.29, 0.717) is 0 Å². The normalized spacial score (nSPS) is 33.0. The monoisotopic (exact) mass is 358 g/mol. The van der Waals surface area contributed by atoms with Crippen molar-refractivity contribution in [1.29, 1.82) is 0 Å². The van der Waals surface area contributed by atoms with E-state index in [2.05, 4.69) is 33.2 Å². The zero-order valence-electron chi connectivity index (χ0n) is 11.9. The highest BCUT2D eigenvalue weighted by Gasteiger charge is 2.56. The lowest BCUT2D eigenvalue weighted by Crippen LogP contribution is -2.38. The summed E-state index contributed by atoms with van der Waals surface area (Å²) in [5.74, 6) is -0.250. The number of benzene rings is 1. The van der Waals surface area contributed by atoms with E-state index in [1.54, 1.807) is 6.21 Å². The number of carbonyl (C=O) groups excluding carboxylic acids is 2. The number of fused-ring (bicyclic) bond motifs is 1. The number of hydrazone groups is 1. The highest BCUT2D eigenvalue weighted by molar-refractivity contribution is 9.10. The lowest BCUT2D eigenvalue weighted by molar-refractivity contribution is -0.140. The Kier molecular flexibility index (Phi) is 3.26. The van der Waals surface area contributed by atoms with Crippen molar-refractivity contribution >= 4 is 34.0 Å². The van der Waals surface area contributed by atoms with Crippen molar-refractivity contribution in [3.63, 3.8) is 0 Å². The molecule has 0 spiro atoms. The maximum Gasteiger partial charge on any atom is 0.254 e. The minimum Gasteiger partial charge on any atom is -0.272 e. The Bertz CT molecular complexity index is 663. The molecule has 3 aliphatic carbocycles. The Morgan fingerprint density at radius 2 is 1.55 bits per heavy atom. The van der Waals surface area contributed by atoms with E-state index in [1.807, 2.05) is 24.3 Å². The van der Waals surface area contributed by atoms with Gasteiger partial charge in [0, 0.05) is 4.47 Å². The Morgan fingerprint density at radius 3 is 2.05 bits per heavy atom. The number of carbonyl (C=O) groups is 2. The van der Waals surface area contributed by atoms with Gasteiger partial charge in [-0.3, -0.25) is 9.59 Å². The van der Waals surface area contributed by atoms with Crippen LogP contribution in [0, 0.1) is 23.7 Å². The standard InChI is InChI=1S/C17H15BrN2O2/c18-13-7-1-10(2-8-13)9-19-20-16(21)14-11-3-4-12(6-5-11)15(14)17(20)22/h1-4,7-9,11-12,14-15H,5-6H2/b19-9-/t11-,12-,14+,15+/m0/s1. The van der Waals surface area contributed by atoms with Gasteiger partial charge in [-0.1, -0.05) is 40.2 Å². The van der Waals surface area contributed by atoms with Gasteiger partial charge >= 0.3 is 0 Å². The predicted octanol–water partition coefficient (Wildman–Crippen LogP) is 2.98. The first-order chi connectivity index (χ1) is 10.6. The molecule has 0 N–H and O–H groups in total. The number of imide groups is 1. The van der Waals surface area contributed by atoms with Crippen LogP contribution in [-0.2, 0) is 9.59 Å². The van der Waals surface area contributed by atoms with E-state index >= 15 is 0 Å². The molecule has 0 aromatic heterocycles. The van der Waals surface area contributed by atoms with Crippen molar-refractivity contribution in [1.82, 2.24) is 5.01 Å². The number of halogens is 1.